The number of amides is 1. The summed E-state index contributed by atoms with van der Waals surface area (Å²) in [6.45, 7) is 4.02. The number of carbonyl (C=O) groups is 2. The molecule has 0 radical (unpaired) electrons. The van der Waals surface area contributed by atoms with Gasteiger partial charge in [0.15, 0.2) is 5.82 Å². The van der Waals surface area contributed by atoms with Gasteiger partial charge >= 0.3 is 5.91 Å². The number of hydrogen-bond donors (Lipinski definition) is 1. The Balaban J connectivity index is 1.90. The van der Waals surface area contributed by atoms with Gasteiger partial charge in [-0.1, -0.05) is 34.4 Å². The number of rotatable bonds is 5. The lowest BCUT2D eigenvalue weighted by molar-refractivity contribution is -0.132. The van der Waals surface area contributed by atoms with Crippen molar-refractivity contribution in [1.82, 2.24) is 5.16 Å². The maximum Gasteiger partial charge on any atom is 0.301 e. The zero-order valence-corrected chi connectivity index (χ0v) is 18.6. The summed E-state index contributed by atoms with van der Waals surface area (Å²) < 4.78 is 10.5. The molecule has 1 aliphatic heterocycles. The van der Waals surface area contributed by atoms with E-state index in [1.165, 1.54) is 11.0 Å². The molecule has 0 spiro atoms. The van der Waals surface area contributed by atoms with E-state index < -0.39 is 17.7 Å². The van der Waals surface area contributed by atoms with E-state index in [0.29, 0.717) is 34.3 Å². The fourth-order valence-electron chi connectivity index (χ4n) is 3.56. The van der Waals surface area contributed by atoms with E-state index in [4.69, 9.17) is 32.5 Å². The largest absolute Gasteiger partial charge is 0.507 e. The van der Waals surface area contributed by atoms with Gasteiger partial charge in [0, 0.05) is 11.6 Å². The Morgan fingerprint density at radius 1 is 1.12 bits per heavy atom. The number of aromatic nitrogens is 1. The Labute approximate surface area is 193 Å². The third-order valence-corrected chi connectivity index (χ3v) is 5.74. The van der Waals surface area contributed by atoms with Crippen LogP contribution in [0.25, 0.3) is 5.76 Å². The molecule has 2 aromatic carbocycles. The van der Waals surface area contributed by atoms with E-state index in [0.717, 1.165) is 0 Å². The van der Waals surface area contributed by atoms with Crippen molar-refractivity contribution in [3.05, 3.63) is 81.0 Å². The summed E-state index contributed by atoms with van der Waals surface area (Å²) >= 11 is 12.3. The topological polar surface area (TPSA) is 92.9 Å². The molecule has 1 aromatic heterocycles. The Bertz CT molecular complexity index is 1230. The van der Waals surface area contributed by atoms with E-state index >= 15 is 0 Å². The Hall–Kier alpha value is -3.29. The zero-order valence-electron chi connectivity index (χ0n) is 17.1. The van der Waals surface area contributed by atoms with Gasteiger partial charge in [0.25, 0.3) is 5.78 Å². The number of halogens is 2. The number of nitrogens with zero attached hydrogens (tertiary/aromatic N) is 2. The summed E-state index contributed by atoms with van der Waals surface area (Å²) in [6, 6.07) is 11.9. The number of ether oxygens (including phenoxy) is 1. The van der Waals surface area contributed by atoms with Crippen molar-refractivity contribution in [1.29, 1.82) is 0 Å². The SMILES string of the molecule is CCOc1ccc(/C(O)=C2\C(=O)C(=O)N(c3cc(C)on3)[C@@H]2c2ccc(Cl)c(Cl)c2)cc1. The molecule has 0 aliphatic carbocycles. The molecule has 0 unspecified atom stereocenters. The number of aliphatic hydroxyl groups is 1. The molecule has 4 rings (SSSR count). The second-order valence-electron chi connectivity index (χ2n) is 7.10. The average Bonchev–Trinajstić information content (AvgIpc) is 3.31. The molecule has 1 atom stereocenters. The highest BCUT2D eigenvalue weighted by molar-refractivity contribution is 6.51. The van der Waals surface area contributed by atoms with Crippen molar-refractivity contribution in [3.8, 4) is 5.75 Å². The number of benzene rings is 2. The quantitative estimate of drug-likeness (QED) is 0.307. The van der Waals surface area contributed by atoms with Crippen LogP contribution < -0.4 is 9.64 Å². The van der Waals surface area contributed by atoms with E-state index in [9.17, 15) is 14.7 Å². The number of hydrogen-bond acceptors (Lipinski definition) is 6. The van der Waals surface area contributed by atoms with Crippen molar-refractivity contribution >= 4 is 46.5 Å². The number of carbonyl (C=O) groups excluding carboxylic acids is 2. The molecule has 1 N–H and O–H groups in total. The molecule has 2 heterocycles. The first kappa shape index (κ1) is 21.9. The van der Waals surface area contributed by atoms with Crippen LogP contribution in [-0.2, 0) is 9.59 Å². The van der Waals surface area contributed by atoms with Gasteiger partial charge in [-0.3, -0.25) is 14.5 Å². The molecule has 1 saturated heterocycles. The van der Waals surface area contributed by atoms with Gasteiger partial charge in [-0.05, 0) is 55.8 Å². The van der Waals surface area contributed by atoms with Gasteiger partial charge in [-0.25, -0.2) is 0 Å². The van der Waals surface area contributed by atoms with Crippen molar-refractivity contribution in [2.75, 3.05) is 11.5 Å². The molecular weight excluding hydrogens is 455 g/mol. The minimum atomic E-state index is -0.985. The Morgan fingerprint density at radius 3 is 2.44 bits per heavy atom. The third-order valence-electron chi connectivity index (χ3n) is 5.00. The highest BCUT2D eigenvalue weighted by Gasteiger charge is 2.48. The van der Waals surface area contributed by atoms with Gasteiger partial charge in [0.05, 0.1) is 28.3 Å². The number of anilines is 1. The van der Waals surface area contributed by atoms with Gasteiger partial charge in [-0.2, -0.15) is 0 Å². The van der Waals surface area contributed by atoms with Crippen molar-refractivity contribution < 1.29 is 24.0 Å². The maximum atomic E-state index is 13.1. The fourth-order valence-corrected chi connectivity index (χ4v) is 3.87. The summed E-state index contributed by atoms with van der Waals surface area (Å²) in [5.41, 5.74) is 0.734. The zero-order chi connectivity index (χ0) is 23.0. The normalized spacial score (nSPS) is 17.8. The number of aliphatic hydroxyl groups excluding tert-OH is 1. The predicted molar refractivity (Wildman–Crippen MR) is 120 cm³/mol. The first-order valence-electron chi connectivity index (χ1n) is 9.74. The van der Waals surface area contributed by atoms with Crippen LogP contribution in [0.15, 0.2) is 58.6 Å². The number of Topliss-reactive ketones (excluding diaryl/α,β-unsaturated/α-hetero) is 1. The first-order valence-corrected chi connectivity index (χ1v) is 10.5. The Kier molecular flexibility index (Phi) is 5.95. The highest BCUT2D eigenvalue weighted by atomic mass is 35.5. The molecule has 0 bridgehead atoms. The summed E-state index contributed by atoms with van der Waals surface area (Å²) in [6.07, 6.45) is 0. The lowest BCUT2D eigenvalue weighted by Crippen LogP contribution is -2.29. The molecule has 164 valence electrons. The molecule has 7 nitrogen and oxygen atoms in total. The van der Waals surface area contributed by atoms with Crippen LogP contribution >= 0.6 is 23.2 Å². The van der Waals surface area contributed by atoms with Crippen molar-refractivity contribution in [3.63, 3.8) is 0 Å². The average molecular weight is 473 g/mol. The maximum absolute atomic E-state index is 13.1. The van der Waals surface area contributed by atoms with E-state index in [2.05, 4.69) is 5.16 Å². The summed E-state index contributed by atoms with van der Waals surface area (Å²) in [5, 5.41) is 15.5. The number of aryl methyl sites for hydroxylation is 1. The van der Waals surface area contributed by atoms with Crippen LogP contribution in [0.4, 0.5) is 5.82 Å². The van der Waals surface area contributed by atoms with Crippen LogP contribution in [0, 0.1) is 6.92 Å². The molecule has 1 amide bonds. The molecule has 9 heteroatoms. The number of ketones is 1. The van der Waals surface area contributed by atoms with Crippen LogP contribution in [0.3, 0.4) is 0 Å². The highest BCUT2D eigenvalue weighted by Crippen LogP contribution is 2.43. The van der Waals surface area contributed by atoms with Gasteiger partial charge in [-0.15, -0.1) is 0 Å². The van der Waals surface area contributed by atoms with Crippen molar-refractivity contribution in [2.24, 2.45) is 0 Å². The van der Waals surface area contributed by atoms with Crippen molar-refractivity contribution in [2.45, 2.75) is 19.9 Å². The van der Waals surface area contributed by atoms with Crippen LogP contribution in [0.1, 0.15) is 29.9 Å². The van der Waals surface area contributed by atoms with Crippen LogP contribution in [0.5, 0.6) is 5.75 Å². The standard InChI is InChI=1S/C23H18Cl2N2O5/c1-3-31-15-7-4-13(5-8-15)21(28)19-20(14-6-9-16(24)17(25)11-14)27(23(30)22(19)29)18-10-12(2)32-26-18/h4-11,20,28H,3H2,1-2H3/b21-19+/t20-/m1/s1. The smallest absolute Gasteiger partial charge is 0.301 e. The summed E-state index contributed by atoms with van der Waals surface area (Å²) in [5.74, 6) is -0.809. The molecule has 3 aromatic rings. The van der Waals surface area contributed by atoms with E-state index in [1.54, 1.807) is 49.4 Å². The van der Waals surface area contributed by atoms with Crippen LogP contribution in [-0.4, -0.2) is 28.6 Å². The lowest BCUT2D eigenvalue weighted by Gasteiger charge is -2.23. The second kappa shape index (κ2) is 8.68. The molecule has 1 fully saturated rings. The first-order chi connectivity index (χ1) is 15.3. The minimum Gasteiger partial charge on any atom is -0.507 e. The van der Waals surface area contributed by atoms with Gasteiger partial charge < -0.3 is 14.4 Å². The Morgan fingerprint density at radius 2 is 1.84 bits per heavy atom. The lowest BCUT2D eigenvalue weighted by atomic mass is 9.95. The molecule has 32 heavy (non-hydrogen) atoms. The monoisotopic (exact) mass is 472 g/mol. The van der Waals surface area contributed by atoms with Gasteiger partial charge in [0.2, 0.25) is 0 Å². The second-order valence-corrected chi connectivity index (χ2v) is 7.91. The molecular formula is C23H18Cl2N2O5. The van der Waals surface area contributed by atoms with Gasteiger partial charge in [0.1, 0.15) is 17.3 Å². The molecule has 0 saturated carbocycles. The fraction of sp³-hybridized carbons (Fsp3) is 0.174. The van der Waals surface area contributed by atoms with Crippen LogP contribution in [0.2, 0.25) is 10.0 Å². The minimum absolute atomic E-state index is 0.0989. The third kappa shape index (κ3) is 3.85. The summed E-state index contributed by atoms with van der Waals surface area (Å²) in [4.78, 5) is 27.2. The van der Waals surface area contributed by atoms with E-state index in [1.807, 2.05) is 6.92 Å². The summed E-state index contributed by atoms with van der Waals surface area (Å²) in [7, 11) is 0. The predicted octanol–water partition coefficient (Wildman–Crippen LogP) is 5.31. The van der Waals surface area contributed by atoms with E-state index in [-0.39, 0.29) is 22.2 Å². The molecule has 1 aliphatic rings.